The lowest BCUT2D eigenvalue weighted by Crippen LogP contribution is -2.43. The smallest absolute Gasteiger partial charge is 0.322 e. The number of benzene rings is 3. The van der Waals surface area contributed by atoms with E-state index in [-0.39, 0.29) is 23.7 Å². The molecule has 5 nitrogen and oxygen atoms in total. The first kappa shape index (κ1) is 24.7. The molecule has 2 aliphatic rings. The number of carbonyl (C=O) groups is 1. The zero-order valence-electron chi connectivity index (χ0n) is 21.2. The van der Waals surface area contributed by atoms with Gasteiger partial charge in [0.1, 0.15) is 5.75 Å². The van der Waals surface area contributed by atoms with Gasteiger partial charge in [-0.2, -0.15) is 0 Å². The third kappa shape index (κ3) is 4.82. The molecule has 0 aromatic heterocycles. The number of phenols is 1. The zero-order chi connectivity index (χ0) is 25.4. The van der Waals surface area contributed by atoms with Crippen molar-refractivity contribution in [2.45, 2.75) is 57.7 Å². The van der Waals surface area contributed by atoms with Crippen LogP contribution in [0.2, 0.25) is 5.02 Å². The third-order valence-corrected chi connectivity index (χ3v) is 7.85. The van der Waals surface area contributed by atoms with Gasteiger partial charge in [-0.05, 0) is 92.2 Å². The van der Waals surface area contributed by atoms with Crippen LogP contribution in [0.4, 0.5) is 10.5 Å². The summed E-state index contributed by atoms with van der Waals surface area (Å²) >= 11 is 6.31. The van der Waals surface area contributed by atoms with Gasteiger partial charge in [0.15, 0.2) is 0 Å². The normalized spacial score (nSPS) is 19.1. The van der Waals surface area contributed by atoms with Crippen molar-refractivity contribution in [3.63, 3.8) is 0 Å². The van der Waals surface area contributed by atoms with Crippen molar-refractivity contribution in [1.29, 1.82) is 0 Å². The fourth-order valence-electron chi connectivity index (χ4n) is 5.77. The summed E-state index contributed by atoms with van der Waals surface area (Å²) in [6, 6.07) is 20.6. The van der Waals surface area contributed by atoms with Gasteiger partial charge < -0.3 is 15.3 Å². The van der Waals surface area contributed by atoms with Crippen LogP contribution in [0, 0.1) is 0 Å². The molecule has 3 aromatic rings. The molecule has 0 saturated heterocycles. The molecule has 2 atom stereocenters. The maximum atomic E-state index is 13.2. The molecule has 0 spiro atoms. The van der Waals surface area contributed by atoms with Crippen molar-refractivity contribution in [3.8, 4) is 5.75 Å². The monoisotopic (exact) mass is 503 g/mol. The molecular weight excluding hydrogens is 470 g/mol. The minimum atomic E-state index is -0.106. The molecule has 0 saturated carbocycles. The van der Waals surface area contributed by atoms with E-state index in [1.165, 1.54) is 22.3 Å². The van der Waals surface area contributed by atoms with Gasteiger partial charge in [-0.1, -0.05) is 48.0 Å². The van der Waals surface area contributed by atoms with E-state index in [1.807, 2.05) is 56.3 Å². The van der Waals surface area contributed by atoms with Gasteiger partial charge in [-0.25, -0.2) is 4.79 Å². The summed E-state index contributed by atoms with van der Waals surface area (Å²) < 4.78 is 0. The first-order chi connectivity index (χ1) is 17.3. The molecule has 1 aliphatic carbocycles. The summed E-state index contributed by atoms with van der Waals surface area (Å²) in [4.78, 5) is 17.4. The van der Waals surface area contributed by atoms with Gasteiger partial charge in [-0.15, -0.1) is 0 Å². The predicted molar refractivity (Wildman–Crippen MR) is 146 cm³/mol. The lowest BCUT2D eigenvalue weighted by Gasteiger charge is -2.38. The quantitative estimate of drug-likeness (QED) is 0.452. The van der Waals surface area contributed by atoms with Crippen LogP contribution in [-0.2, 0) is 19.4 Å². The number of anilines is 1. The van der Waals surface area contributed by atoms with Crippen molar-refractivity contribution in [3.05, 3.63) is 93.5 Å². The number of halogens is 1. The predicted octanol–water partition coefficient (Wildman–Crippen LogP) is 6.10. The van der Waals surface area contributed by atoms with Crippen molar-refractivity contribution >= 4 is 23.3 Å². The summed E-state index contributed by atoms with van der Waals surface area (Å²) in [5.41, 5.74) is 6.96. The number of amides is 2. The molecule has 1 aliphatic heterocycles. The van der Waals surface area contributed by atoms with Crippen molar-refractivity contribution in [2.75, 3.05) is 18.5 Å². The number of urea groups is 1. The number of hydrogen-bond donors (Lipinski definition) is 2. The number of phenolic OH excluding ortho intramolecular Hbond substituents is 1. The molecule has 2 amide bonds. The Hall–Kier alpha value is -3.02. The van der Waals surface area contributed by atoms with Crippen LogP contribution in [0.5, 0.6) is 5.75 Å². The molecular formula is C30H34ClN3O2. The van der Waals surface area contributed by atoms with Crippen LogP contribution in [0.1, 0.15) is 54.0 Å². The highest BCUT2D eigenvalue weighted by Gasteiger charge is 2.37. The van der Waals surface area contributed by atoms with E-state index in [9.17, 15) is 9.90 Å². The van der Waals surface area contributed by atoms with E-state index in [4.69, 9.17) is 11.6 Å². The number of rotatable bonds is 4. The molecule has 36 heavy (non-hydrogen) atoms. The maximum absolute atomic E-state index is 13.2. The molecule has 0 radical (unpaired) electrons. The highest BCUT2D eigenvalue weighted by atomic mass is 35.5. The van der Waals surface area contributed by atoms with Gasteiger partial charge in [-0.3, -0.25) is 4.90 Å². The minimum absolute atomic E-state index is 0.0468. The van der Waals surface area contributed by atoms with Crippen LogP contribution < -0.4 is 10.2 Å². The molecule has 2 N–H and O–H groups in total. The summed E-state index contributed by atoms with van der Waals surface area (Å²) in [5.74, 6) is 0.289. The summed E-state index contributed by atoms with van der Waals surface area (Å²) in [6.07, 6.45) is 3.00. The number of para-hydroxylation sites is 1. The van der Waals surface area contributed by atoms with Gasteiger partial charge in [0.05, 0.1) is 11.6 Å². The first-order valence-electron chi connectivity index (χ1n) is 12.8. The van der Waals surface area contributed by atoms with E-state index >= 15 is 0 Å². The van der Waals surface area contributed by atoms with Crippen LogP contribution >= 0.6 is 11.6 Å². The van der Waals surface area contributed by atoms with E-state index in [1.54, 1.807) is 4.90 Å². The van der Waals surface area contributed by atoms with Gasteiger partial charge in [0.2, 0.25) is 0 Å². The molecule has 5 rings (SSSR count). The largest absolute Gasteiger partial charge is 0.506 e. The van der Waals surface area contributed by atoms with Gasteiger partial charge in [0.25, 0.3) is 0 Å². The number of aromatic hydroxyl groups is 1. The van der Waals surface area contributed by atoms with Gasteiger partial charge >= 0.3 is 6.03 Å². The first-order valence-corrected chi connectivity index (χ1v) is 13.2. The average molecular weight is 504 g/mol. The molecule has 1 heterocycles. The second kappa shape index (κ2) is 10.2. The maximum Gasteiger partial charge on any atom is 0.322 e. The van der Waals surface area contributed by atoms with Crippen molar-refractivity contribution in [2.24, 2.45) is 0 Å². The molecule has 6 heteroatoms. The summed E-state index contributed by atoms with van der Waals surface area (Å²) in [7, 11) is 2.20. The number of aryl methyl sites for hydroxylation is 1. The van der Waals surface area contributed by atoms with E-state index in [2.05, 4.69) is 35.5 Å². The molecule has 0 unspecified atom stereocenters. The molecule has 0 fully saturated rings. The number of nitrogens with zero attached hydrogens (tertiary/aromatic N) is 2. The number of hydrogen-bond acceptors (Lipinski definition) is 3. The molecule has 3 aromatic carbocycles. The van der Waals surface area contributed by atoms with Crippen molar-refractivity contribution in [1.82, 2.24) is 10.2 Å². The molecule has 0 bridgehead atoms. The lowest BCUT2D eigenvalue weighted by molar-refractivity contribution is 0.214. The Balaban J connectivity index is 1.56. The van der Waals surface area contributed by atoms with Crippen LogP contribution in [0.3, 0.4) is 0 Å². The Kier molecular flexibility index (Phi) is 6.96. The summed E-state index contributed by atoms with van der Waals surface area (Å²) in [6.45, 7) is 5.38. The number of nitrogens with one attached hydrogen (secondary N) is 1. The topological polar surface area (TPSA) is 55.8 Å². The standard InChI is InChI=1S/C30H34ClN3O2/c1-19(2)32-30(36)34(23-7-5-4-6-8-23)18-20-9-10-21-11-12-27-29(24(21)15-20)25-17-28(35)26(31)16-22(25)13-14-33(27)3/h4-10,15-17,19,27,29,35H,11-14,18H2,1-3H3,(H,32,36)/t27-,29+/m0/s1. The second-order valence-corrected chi connectivity index (χ2v) is 10.8. The van der Waals surface area contributed by atoms with Crippen LogP contribution in [0.15, 0.2) is 60.7 Å². The Bertz CT molecular complexity index is 1260. The van der Waals surface area contributed by atoms with Crippen LogP contribution in [-0.4, -0.2) is 41.7 Å². The van der Waals surface area contributed by atoms with E-state index in [0.717, 1.165) is 37.1 Å². The highest BCUT2D eigenvalue weighted by Crippen LogP contribution is 2.44. The summed E-state index contributed by atoms with van der Waals surface area (Å²) in [5, 5.41) is 14.0. The van der Waals surface area contributed by atoms with Crippen LogP contribution in [0.25, 0.3) is 0 Å². The zero-order valence-corrected chi connectivity index (χ0v) is 21.9. The third-order valence-electron chi connectivity index (χ3n) is 7.55. The van der Waals surface area contributed by atoms with E-state index in [0.29, 0.717) is 17.6 Å². The SMILES string of the molecule is CC(C)NC(=O)N(Cc1ccc2c(c1)[C@@H]1c3cc(O)c(Cl)cc3CCN(C)[C@H]1CC2)c1ccccc1. The van der Waals surface area contributed by atoms with Crippen molar-refractivity contribution < 1.29 is 9.90 Å². The Morgan fingerprint density at radius 1 is 1.08 bits per heavy atom. The minimum Gasteiger partial charge on any atom is -0.506 e. The lowest BCUT2D eigenvalue weighted by atomic mass is 9.74. The van der Waals surface area contributed by atoms with Gasteiger partial charge in [0, 0.05) is 30.2 Å². The Labute approximate surface area is 218 Å². The fraction of sp³-hybridized carbons (Fsp3) is 0.367. The Morgan fingerprint density at radius 3 is 2.58 bits per heavy atom. The number of fused-ring (bicyclic) bond motifs is 5. The number of likely N-dealkylation sites (N-methyl/N-ethyl adjacent to an activating group) is 1. The number of carbonyl (C=O) groups excluding carboxylic acids is 1. The average Bonchev–Trinajstić information content (AvgIpc) is 2.99. The second-order valence-electron chi connectivity index (χ2n) is 10.4. The Morgan fingerprint density at radius 2 is 1.83 bits per heavy atom. The molecule has 188 valence electrons. The van der Waals surface area contributed by atoms with E-state index < -0.39 is 0 Å². The highest BCUT2D eigenvalue weighted by molar-refractivity contribution is 6.32. The fourth-order valence-corrected chi connectivity index (χ4v) is 5.96.